The third-order valence-electron chi connectivity index (χ3n) is 1.49. The zero-order valence-corrected chi connectivity index (χ0v) is 6.57. The molecule has 3 nitrogen and oxygen atoms in total. The van der Waals surface area contributed by atoms with Gasteiger partial charge >= 0.3 is 0 Å². The second-order valence-corrected chi connectivity index (χ2v) is 2.24. The molecule has 1 aromatic carbocycles. The van der Waals surface area contributed by atoms with Gasteiger partial charge in [0.05, 0.1) is 7.11 Å². The molecule has 0 spiro atoms. The number of methoxy groups -OCH3 is 1. The second kappa shape index (κ2) is 3.04. The Kier molecular flexibility index (Phi) is 2.22. The van der Waals surface area contributed by atoms with Gasteiger partial charge in [0.15, 0.2) is 17.3 Å². The van der Waals surface area contributed by atoms with Gasteiger partial charge in [0.2, 0.25) is 11.6 Å². The number of rotatable bonds is 1. The normalized spacial score (nSPS) is 10.2. The van der Waals surface area contributed by atoms with Crippen LogP contribution in [-0.2, 0) is 0 Å². The fraction of sp³-hybridized carbons (Fsp3) is 0.143. The SMILES string of the molecule is COc1c(N)c(F)c(F)c(O)c1F. The fourth-order valence-corrected chi connectivity index (χ4v) is 0.844. The lowest BCUT2D eigenvalue weighted by Gasteiger charge is -2.08. The van der Waals surface area contributed by atoms with Gasteiger partial charge in [0.25, 0.3) is 0 Å². The van der Waals surface area contributed by atoms with Crippen LogP contribution < -0.4 is 10.5 Å². The van der Waals surface area contributed by atoms with E-state index in [-0.39, 0.29) is 0 Å². The van der Waals surface area contributed by atoms with Crippen molar-refractivity contribution in [2.24, 2.45) is 0 Å². The first-order valence-corrected chi connectivity index (χ1v) is 3.19. The molecule has 6 heteroatoms. The Bertz CT molecular complexity index is 325. The minimum atomic E-state index is -1.73. The van der Waals surface area contributed by atoms with Crippen molar-refractivity contribution in [1.29, 1.82) is 0 Å². The van der Waals surface area contributed by atoms with Gasteiger partial charge in [0, 0.05) is 0 Å². The molecular weight excluding hydrogens is 187 g/mol. The zero-order chi connectivity index (χ0) is 10.2. The summed E-state index contributed by atoms with van der Waals surface area (Å²) < 4.78 is 42.4. The first-order chi connectivity index (χ1) is 6.00. The van der Waals surface area contributed by atoms with Crippen LogP contribution in [0.2, 0.25) is 0 Å². The average molecular weight is 193 g/mol. The van der Waals surface area contributed by atoms with Crippen LogP contribution in [0.4, 0.5) is 18.9 Å². The quantitative estimate of drug-likeness (QED) is 0.402. The summed E-state index contributed by atoms with van der Waals surface area (Å²) in [4.78, 5) is 0. The highest BCUT2D eigenvalue weighted by atomic mass is 19.2. The number of anilines is 1. The van der Waals surface area contributed by atoms with E-state index in [0.717, 1.165) is 7.11 Å². The summed E-state index contributed by atoms with van der Waals surface area (Å²) in [7, 11) is 1.02. The van der Waals surface area contributed by atoms with E-state index in [2.05, 4.69) is 4.74 Å². The number of aromatic hydroxyl groups is 1. The maximum absolute atomic E-state index is 12.8. The summed E-state index contributed by atoms with van der Waals surface area (Å²) in [6.07, 6.45) is 0. The first-order valence-electron chi connectivity index (χ1n) is 3.19. The third kappa shape index (κ3) is 1.24. The van der Waals surface area contributed by atoms with Crippen LogP contribution in [0.25, 0.3) is 0 Å². The number of phenols is 1. The van der Waals surface area contributed by atoms with E-state index in [0.29, 0.717) is 0 Å². The highest BCUT2D eigenvalue weighted by Gasteiger charge is 2.23. The molecule has 0 aliphatic heterocycles. The average Bonchev–Trinajstić information content (AvgIpc) is 2.13. The van der Waals surface area contributed by atoms with Crippen molar-refractivity contribution in [3.8, 4) is 11.5 Å². The molecule has 0 aliphatic rings. The molecule has 0 bridgehead atoms. The van der Waals surface area contributed by atoms with Crippen molar-refractivity contribution in [2.75, 3.05) is 12.8 Å². The van der Waals surface area contributed by atoms with E-state index in [1.54, 1.807) is 0 Å². The lowest BCUT2D eigenvalue weighted by atomic mass is 10.2. The summed E-state index contributed by atoms with van der Waals surface area (Å²) in [5.74, 6) is -6.83. The van der Waals surface area contributed by atoms with E-state index in [4.69, 9.17) is 10.8 Å². The largest absolute Gasteiger partial charge is 0.503 e. The number of phenolic OH excluding ortho intramolecular Hbond substituents is 1. The van der Waals surface area contributed by atoms with Gasteiger partial charge in [-0.3, -0.25) is 0 Å². The summed E-state index contributed by atoms with van der Waals surface area (Å²) in [6.45, 7) is 0. The van der Waals surface area contributed by atoms with Crippen molar-refractivity contribution in [3.63, 3.8) is 0 Å². The Hall–Kier alpha value is -1.59. The predicted octanol–water partition coefficient (Wildman–Crippen LogP) is 1.40. The Morgan fingerprint density at radius 3 is 2.15 bits per heavy atom. The lowest BCUT2D eigenvalue weighted by molar-refractivity contribution is 0.339. The van der Waals surface area contributed by atoms with Crippen LogP contribution in [-0.4, -0.2) is 12.2 Å². The minimum Gasteiger partial charge on any atom is -0.503 e. The highest BCUT2D eigenvalue weighted by Crippen LogP contribution is 2.36. The molecule has 0 saturated carbocycles. The maximum Gasteiger partial charge on any atom is 0.212 e. The molecule has 72 valence electrons. The number of nitrogen functional groups attached to an aromatic ring is 1. The van der Waals surface area contributed by atoms with Crippen LogP contribution in [0, 0.1) is 17.5 Å². The standard InChI is InChI=1S/C7H6F3NO2/c1-13-7-4(10)6(12)3(9)2(8)5(7)11/h12H,11H2,1H3. The summed E-state index contributed by atoms with van der Waals surface area (Å²) in [5, 5.41) is 8.70. The van der Waals surface area contributed by atoms with Gasteiger partial charge in [-0.15, -0.1) is 0 Å². The summed E-state index contributed by atoms with van der Waals surface area (Å²) >= 11 is 0. The maximum atomic E-state index is 12.8. The van der Waals surface area contributed by atoms with Crippen LogP contribution >= 0.6 is 0 Å². The zero-order valence-electron chi connectivity index (χ0n) is 6.57. The monoisotopic (exact) mass is 193 g/mol. The van der Waals surface area contributed by atoms with Crippen LogP contribution in [0.15, 0.2) is 0 Å². The van der Waals surface area contributed by atoms with E-state index < -0.39 is 34.6 Å². The lowest BCUT2D eigenvalue weighted by Crippen LogP contribution is -2.02. The number of nitrogens with two attached hydrogens (primary N) is 1. The van der Waals surface area contributed by atoms with E-state index in [1.165, 1.54) is 0 Å². The summed E-state index contributed by atoms with van der Waals surface area (Å²) in [6, 6.07) is 0. The molecule has 0 saturated heterocycles. The predicted molar refractivity (Wildman–Crippen MR) is 38.9 cm³/mol. The van der Waals surface area contributed by atoms with E-state index in [9.17, 15) is 13.2 Å². The molecule has 0 aromatic heterocycles. The number of benzene rings is 1. The smallest absolute Gasteiger partial charge is 0.212 e. The Labute approximate surface area is 71.5 Å². The summed E-state index contributed by atoms with van der Waals surface area (Å²) in [5.41, 5.74) is 4.16. The van der Waals surface area contributed by atoms with Crippen LogP contribution in [0.3, 0.4) is 0 Å². The van der Waals surface area contributed by atoms with Gasteiger partial charge < -0.3 is 15.6 Å². The first kappa shape index (κ1) is 9.50. The van der Waals surface area contributed by atoms with Crippen molar-refractivity contribution < 1.29 is 23.0 Å². The third-order valence-corrected chi connectivity index (χ3v) is 1.49. The van der Waals surface area contributed by atoms with Gasteiger partial charge in [-0.05, 0) is 0 Å². The number of hydrogen-bond acceptors (Lipinski definition) is 3. The van der Waals surface area contributed by atoms with E-state index >= 15 is 0 Å². The van der Waals surface area contributed by atoms with E-state index in [1.807, 2.05) is 0 Å². The van der Waals surface area contributed by atoms with Crippen LogP contribution in [0.1, 0.15) is 0 Å². The van der Waals surface area contributed by atoms with Crippen LogP contribution in [0.5, 0.6) is 11.5 Å². The van der Waals surface area contributed by atoms with Crippen molar-refractivity contribution in [3.05, 3.63) is 17.5 Å². The molecule has 1 rings (SSSR count). The fourth-order valence-electron chi connectivity index (χ4n) is 0.844. The van der Waals surface area contributed by atoms with Crippen molar-refractivity contribution in [2.45, 2.75) is 0 Å². The number of halogens is 3. The molecule has 0 fully saturated rings. The molecule has 0 amide bonds. The molecule has 0 radical (unpaired) electrons. The molecule has 0 heterocycles. The molecular formula is C7H6F3NO2. The minimum absolute atomic E-state index is 0.712. The molecule has 13 heavy (non-hydrogen) atoms. The molecule has 0 aliphatic carbocycles. The molecule has 0 atom stereocenters. The Morgan fingerprint density at radius 1 is 1.15 bits per heavy atom. The Balaban J connectivity index is 3.56. The number of hydrogen-bond donors (Lipinski definition) is 2. The van der Waals surface area contributed by atoms with Gasteiger partial charge in [-0.25, -0.2) is 4.39 Å². The van der Waals surface area contributed by atoms with Gasteiger partial charge in [-0.1, -0.05) is 0 Å². The van der Waals surface area contributed by atoms with Gasteiger partial charge in [0.1, 0.15) is 5.69 Å². The topological polar surface area (TPSA) is 55.5 Å². The highest BCUT2D eigenvalue weighted by molar-refractivity contribution is 5.58. The molecule has 3 N–H and O–H groups in total. The molecule has 1 aromatic rings. The second-order valence-electron chi connectivity index (χ2n) is 2.24. The number of ether oxygens (including phenoxy) is 1. The van der Waals surface area contributed by atoms with Crippen molar-refractivity contribution in [1.82, 2.24) is 0 Å². The van der Waals surface area contributed by atoms with Crippen molar-refractivity contribution >= 4 is 5.69 Å². The molecule has 0 unspecified atom stereocenters. The van der Waals surface area contributed by atoms with Gasteiger partial charge in [-0.2, -0.15) is 8.78 Å². The Morgan fingerprint density at radius 2 is 1.69 bits per heavy atom.